The first kappa shape index (κ1) is 17.5. The maximum Gasteiger partial charge on any atom is 0.407 e. The zero-order chi connectivity index (χ0) is 16.2. The number of rotatable bonds is 5. The van der Waals surface area contributed by atoms with Crippen molar-refractivity contribution >= 4 is 6.09 Å². The second-order valence-electron chi connectivity index (χ2n) is 6.08. The number of hydrogen-bond donors (Lipinski definition) is 4. The highest BCUT2D eigenvalue weighted by molar-refractivity contribution is 5.67. The van der Waals surface area contributed by atoms with Crippen LogP contribution < -0.4 is 5.32 Å². The summed E-state index contributed by atoms with van der Waals surface area (Å²) in [5, 5.41) is 29.4. The summed E-state index contributed by atoms with van der Waals surface area (Å²) in [7, 11) is 0. The van der Waals surface area contributed by atoms with Crippen LogP contribution in [-0.4, -0.2) is 44.8 Å². The van der Waals surface area contributed by atoms with Gasteiger partial charge in [0.1, 0.15) is 11.7 Å². The second-order valence-corrected chi connectivity index (χ2v) is 6.08. The predicted molar refractivity (Wildman–Crippen MR) is 77.9 cm³/mol. The Hall–Kier alpha value is -1.60. The number of amides is 1. The lowest BCUT2D eigenvalue weighted by Crippen LogP contribution is -2.34. The molecule has 0 aliphatic heterocycles. The highest BCUT2D eigenvalue weighted by atomic mass is 16.6. The van der Waals surface area contributed by atoms with E-state index in [0.717, 1.165) is 5.69 Å². The Kier molecular flexibility index (Phi) is 5.74. The minimum absolute atomic E-state index is 0.211. The van der Waals surface area contributed by atoms with Gasteiger partial charge in [0.05, 0.1) is 11.8 Å². The number of aromatic amines is 1. The molecule has 0 aliphatic rings. The number of nitrogens with one attached hydrogen (secondary N) is 2. The van der Waals surface area contributed by atoms with Gasteiger partial charge in [-0.1, -0.05) is 0 Å². The Balaban J connectivity index is 2.44. The molecule has 0 fully saturated rings. The first-order chi connectivity index (χ1) is 9.61. The van der Waals surface area contributed by atoms with E-state index in [0.29, 0.717) is 11.3 Å². The fraction of sp³-hybridized carbons (Fsp3) is 0.714. The number of aryl methyl sites for hydroxylation is 2. The molecular weight excluding hydrogens is 274 g/mol. The van der Waals surface area contributed by atoms with Crippen LogP contribution in [0.2, 0.25) is 0 Å². The number of carbonyl (C=O) groups excluding carboxylic acids is 1. The topological polar surface area (TPSA) is 107 Å². The lowest BCUT2D eigenvalue weighted by atomic mass is 10.0. The van der Waals surface area contributed by atoms with E-state index in [1.807, 2.05) is 0 Å². The van der Waals surface area contributed by atoms with Crippen molar-refractivity contribution in [3.8, 4) is 0 Å². The van der Waals surface area contributed by atoms with Gasteiger partial charge in [0, 0.05) is 17.8 Å². The Bertz CT molecular complexity index is 460. The molecule has 120 valence electrons. The van der Waals surface area contributed by atoms with Crippen LogP contribution in [0.25, 0.3) is 0 Å². The first-order valence-electron chi connectivity index (χ1n) is 6.96. The van der Waals surface area contributed by atoms with Crippen molar-refractivity contribution in [3.63, 3.8) is 0 Å². The molecule has 0 aromatic carbocycles. The smallest absolute Gasteiger partial charge is 0.407 e. The van der Waals surface area contributed by atoms with Gasteiger partial charge < -0.3 is 20.3 Å². The van der Waals surface area contributed by atoms with E-state index in [9.17, 15) is 15.0 Å². The Morgan fingerprint density at radius 1 is 1.38 bits per heavy atom. The summed E-state index contributed by atoms with van der Waals surface area (Å²) in [5.74, 6) is 0. The number of aliphatic hydroxyl groups is 2. The molecule has 7 nitrogen and oxygen atoms in total. The van der Waals surface area contributed by atoms with Crippen molar-refractivity contribution in [2.75, 3.05) is 6.54 Å². The van der Waals surface area contributed by atoms with E-state index in [-0.39, 0.29) is 13.0 Å². The van der Waals surface area contributed by atoms with Crippen molar-refractivity contribution in [1.82, 2.24) is 15.5 Å². The van der Waals surface area contributed by atoms with Crippen molar-refractivity contribution in [2.24, 2.45) is 0 Å². The third-order valence-electron chi connectivity index (χ3n) is 2.95. The van der Waals surface area contributed by atoms with Crippen molar-refractivity contribution in [2.45, 2.75) is 58.8 Å². The molecule has 0 bridgehead atoms. The van der Waals surface area contributed by atoms with Crippen LogP contribution in [0.3, 0.4) is 0 Å². The number of H-pyrrole nitrogens is 1. The van der Waals surface area contributed by atoms with E-state index >= 15 is 0 Å². The van der Waals surface area contributed by atoms with Crippen LogP contribution in [0.5, 0.6) is 0 Å². The SMILES string of the molecule is Cc1n[nH]c(C)c1C(O)C(O)CCNC(=O)OC(C)(C)C. The maximum absolute atomic E-state index is 11.5. The van der Waals surface area contributed by atoms with Gasteiger partial charge in [-0.3, -0.25) is 5.10 Å². The number of aromatic nitrogens is 2. The minimum Gasteiger partial charge on any atom is -0.444 e. The first-order valence-corrected chi connectivity index (χ1v) is 6.96. The van der Waals surface area contributed by atoms with Crippen LogP contribution in [0.4, 0.5) is 4.79 Å². The van der Waals surface area contributed by atoms with Crippen LogP contribution >= 0.6 is 0 Å². The molecular formula is C14H25N3O4. The molecule has 21 heavy (non-hydrogen) atoms. The van der Waals surface area contributed by atoms with Crippen molar-refractivity contribution in [1.29, 1.82) is 0 Å². The average Bonchev–Trinajstić information content (AvgIpc) is 2.65. The van der Waals surface area contributed by atoms with E-state index in [1.54, 1.807) is 34.6 Å². The Morgan fingerprint density at radius 3 is 2.48 bits per heavy atom. The van der Waals surface area contributed by atoms with Gasteiger partial charge in [-0.05, 0) is 41.0 Å². The van der Waals surface area contributed by atoms with Crippen LogP contribution in [0.1, 0.15) is 50.2 Å². The van der Waals surface area contributed by atoms with E-state index in [1.165, 1.54) is 0 Å². The number of nitrogens with zero attached hydrogens (tertiary/aromatic N) is 1. The second kappa shape index (κ2) is 6.91. The van der Waals surface area contributed by atoms with Gasteiger partial charge in [-0.15, -0.1) is 0 Å². The van der Waals surface area contributed by atoms with Crippen LogP contribution in [-0.2, 0) is 4.74 Å². The lowest BCUT2D eigenvalue weighted by molar-refractivity contribution is 0.0116. The van der Waals surface area contributed by atoms with Crippen LogP contribution in [0, 0.1) is 13.8 Å². The zero-order valence-electron chi connectivity index (χ0n) is 13.2. The van der Waals surface area contributed by atoms with Gasteiger partial charge in [-0.25, -0.2) is 4.79 Å². The summed E-state index contributed by atoms with van der Waals surface area (Å²) >= 11 is 0. The molecule has 0 radical (unpaired) electrons. The minimum atomic E-state index is -1.04. The summed E-state index contributed by atoms with van der Waals surface area (Å²) in [5.41, 5.74) is 1.41. The maximum atomic E-state index is 11.5. The molecule has 0 saturated carbocycles. The van der Waals surface area contributed by atoms with Gasteiger partial charge in [0.25, 0.3) is 0 Å². The summed E-state index contributed by atoms with van der Waals surface area (Å²) in [6.45, 7) is 9.07. The van der Waals surface area contributed by atoms with Gasteiger partial charge >= 0.3 is 6.09 Å². The lowest BCUT2D eigenvalue weighted by Gasteiger charge is -2.21. The number of ether oxygens (including phenoxy) is 1. The number of carbonyl (C=O) groups is 1. The Morgan fingerprint density at radius 2 is 2.00 bits per heavy atom. The third-order valence-corrected chi connectivity index (χ3v) is 2.95. The molecule has 4 N–H and O–H groups in total. The monoisotopic (exact) mass is 299 g/mol. The zero-order valence-corrected chi connectivity index (χ0v) is 13.2. The molecule has 0 aliphatic carbocycles. The molecule has 1 heterocycles. The summed E-state index contributed by atoms with van der Waals surface area (Å²) in [4.78, 5) is 11.5. The summed E-state index contributed by atoms with van der Waals surface area (Å²) in [6, 6.07) is 0. The van der Waals surface area contributed by atoms with Crippen LogP contribution in [0.15, 0.2) is 0 Å². The standard InChI is InChI=1S/C14H25N3O4/c1-8-11(9(2)17-16-8)12(19)10(18)6-7-15-13(20)21-14(3,4)5/h10,12,18-19H,6-7H2,1-5H3,(H,15,20)(H,16,17). The molecule has 1 rings (SSSR count). The van der Waals surface area contributed by atoms with Gasteiger partial charge in [-0.2, -0.15) is 5.10 Å². The molecule has 1 aromatic rings. The normalized spacial score (nSPS) is 14.6. The summed E-state index contributed by atoms with van der Waals surface area (Å²) in [6.07, 6.45) is -2.36. The molecule has 2 atom stereocenters. The van der Waals surface area contributed by atoms with E-state index in [2.05, 4.69) is 15.5 Å². The molecule has 1 aromatic heterocycles. The van der Waals surface area contributed by atoms with Gasteiger partial charge in [0.15, 0.2) is 0 Å². The van der Waals surface area contributed by atoms with Crippen molar-refractivity contribution in [3.05, 3.63) is 17.0 Å². The van der Waals surface area contributed by atoms with Crippen molar-refractivity contribution < 1.29 is 19.7 Å². The highest BCUT2D eigenvalue weighted by Gasteiger charge is 2.24. The number of aliphatic hydroxyl groups excluding tert-OH is 2. The summed E-state index contributed by atoms with van der Waals surface area (Å²) < 4.78 is 5.08. The average molecular weight is 299 g/mol. The predicted octanol–water partition coefficient (Wildman–Crippen LogP) is 1.34. The third kappa shape index (κ3) is 5.35. The Labute approximate surface area is 124 Å². The molecule has 2 unspecified atom stereocenters. The fourth-order valence-corrected chi connectivity index (χ4v) is 1.98. The van der Waals surface area contributed by atoms with Gasteiger partial charge in [0.2, 0.25) is 0 Å². The van der Waals surface area contributed by atoms with E-state index < -0.39 is 23.9 Å². The molecule has 7 heteroatoms. The largest absolute Gasteiger partial charge is 0.444 e. The highest BCUT2D eigenvalue weighted by Crippen LogP contribution is 2.23. The van der Waals surface area contributed by atoms with E-state index in [4.69, 9.17) is 4.74 Å². The molecule has 0 saturated heterocycles. The fourth-order valence-electron chi connectivity index (χ4n) is 1.98. The molecule has 1 amide bonds. The number of hydrogen-bond acceptors (Lipinski definition) is 5. The quantitative estimate of drug-likeness (QED) is 0.656. The molecule has 0 spiro atoms. The number of alkyl carbamates (subject to hydrolysis) is 1.